The molecule has 1 amide bonds. The second-order valence-electron chi connectivity index (χ2n) is 5.68. The van der Waals surface area contributed by atoms with Gasteiger partial charge in [-0.25, -0.2) is 4.98 Å². The highest BCUT2D eigenvalue weighted by Gasteiger charge is 2.28. The van der Waals surface area contributed by atoms with Gasteiger partial charge in [-0.2, -0.15) is 0 Å². The zero-order chi connectivity index (χ0) is 15.5. The molecule has 0 saturated carbocycles. The summed E-state index contributed by atoms with van der Waals surface area (Å²) in [4.78, 5) is 18.9. The van der Waals surface area contributed by atoms with Crippen molar-refractivity contribution in [3.05, 3.63) is 41.8 Å². The maximum atomic E-state index is 12.5. The van der Waals surface area contributed by atoms with Crippen molar-refractivity contribution < 1.29 is 9.21 Å². The van der Waals surface area contributed by atoms with Crippen LogP contribution in [0.25, 0.3) is 11.5 Å². The largest absolute Gasteiger partial charge is 0.441 e. The van der Waals surface area contributed by atoms with Crippen LogP contribution in [0.15, 0.2) is 34.7 Å². The number of carbonyl (C=O) groups is 1. The molecule has 7 heteroatoms. The van der Waals surface area contributed by atoms with Gasteiger partial charge < -0.3 is 15.1 Å². The first-order valence-electron chi connectivity index (χ1n) is 7.70. The summed E-state index contributed by atoms with van der Waals surface area (Å²) in [6.45, 7) is 3.17. The molecule has 1 saturated heterocycles. The number of nitrogens with two attached hydrogens (primary N) is 1. The Labute approximate surface area is 154 Å². The molecule has 0 aliphatic carbocycles. The summed E-state index contributed by atoms with van der Waals surface area (Å²) in [5, 5.41) is 0. The van der Waals surface area contributed by atoms with Crippen LogP contribution in [-0.2, 0) is 11.2 Å². The molecule has 2 heterocycles. The molecule has 0 radical (unpaired) electrons. The molecule has 1 atom stereocenters. The molecule has 132 valence electrons. The number of rotatable bonds is 4. The van der Waals surface area contributed by atoms with E-state index in [1.54, 1.807) is 0 Å². The standard InChI is InChI=1S/C17H21N3O2.2ClH/c1-12-15(10-16(21)20-9-5-8-14(20)11-18)19-17(22-12)13-6-3-2-4-7-13;;/h2-4,6-7,14H,5,8-11,18H2,1H3;2*1H. The molecule has 1 aliphatic heterocycles. The maximum absolute atomic E-state index is 12.5. The summed E-state index contributed by atoms with van der Waals surface area (Å²) in [5.74, 6) is 1.36. The first-order valence-corrected chi connectivity index (χ1v) is 7.70. The van der Waals surface area contributed by atoms with Crippen LogP contribution in [0.1, 0.15) is 24.3 Å². The van der Waals surface area contributed by atoms with Gasteiger partial charge in [-0.15, -0.1) is 24.8 Å². The third-order valence-corrected chi connectivity index (χ3v) is 4.20. The van der Waals surface area contributed by atoms with Crippen LogP contribution in [0.5, 0.6) is 0 Å². The van der Waals surface area contributed by atoms with E-state index in [0.717, 1.165) is 24.9 Å². The van der Waals surface area contributed by atoms with Crippen LogP contribution in [-0.4, -0.2) is 34.9 Å². The first-order chi connectivity index (χ1) is 10.7. The minimum Gasteiger partial charge on any atom is -0.441 e. The minimum absolute atomic E-state index is 0. The van der Waals surface area contributed by atoms with Gasteiger partial charge in [-0.05, 0) is 31.9 Å². The van der Waals surface area contributed by atoms with Crippen LogP contribution < -0.4 is 5.73 Å². The SMILES string of the molecule is Cc1oc(-c2ccccc2)nc1CC(=O)N1CCCC1CN.Cl.Cl. The summed E-state index contributed by atoms with van der Waals surface area (Å²) < 4.78 is 5.71. The third-order valence-electron chi connectivity index (χ3n) is 4.20. The van der Waals surface area contributed by atoms with Crippen molar-refractivity contribution in [3.8, 4) is 11.5 Å². The van der Waals surface area contributed by atoms with Crippen LogP contribution in [0.2, 0.25) is 0 Å². The molecule has 3 rings (SSSR count). The number of carbonyl (C=O) groups excluding carboxylic acids is 1. The molecule has 2 N–H and O–H groups in total. The Morgan fingerprint density at radius 2 is 2.04 bits per heavy atom. The monoisotopic (exact) mass is 371 g/mol. The van der Waals surface area contributed by atoms with E-state index >= 15 is 0 Å². The molecule has 5 nitrogen and oxygen atoms in total. The van der Waals surface area contributed by atoms with Crippen molar-refractivity contribution in [1.82, 2.24) is 9.88 Å². The fraction of sp³-hybridized carbons (Fsp3) is 0.412. The number of likely N-dealkylation sites (tertiary alicyclic amines) is 1. The number of hydrogen-bond acceptors (Lipinski definition) is 4. The maximum Gasteiger partial charge on any atom is 0.229 e. The summed E-state index contributed by atoms with van der Waals surface area (Å²) in [6.07, 6.45) is 2.30. The smallest absolute Gasteiger partial charge is 0.229 e. The lowest BCUT2D eigenvalue weighted by Crippen LogP contribution is -2.40. The molecule has 1 aromatic heterocycles. The van der Waals surface area contributed by atoms with E-state index in [1.807, 2.05) is 42.2 Å². The van der Waals surface area contributed by atoms with Crippen LogP contribution in [0.3, 0.4) is 0 Å². The van der Waals surface area contributed by atoms with Gasteiger partial charge >= 0.3 is 0 Å². The second kappa shape index (κ2) is 9.06. The molecular weight excluding hydrogens is 349 g/mol. The molecule has 2 aromatic rings. The Kier molecular flexibility index (Phi) is 7.73. The van der Waals surface area contributed by atoms with E-state index in [0.29, 0.717) is 23.9 Å². The van der Waals surface area contributed by atoms with Crippen molar-refractivity contribution in [1.29, 1.82) is 0 Å². The Morgan fingerprint density at radius 3 is 2.71 bits per heavy atom. The Bertz CT molecular complexity index is 661. The normalized spacial score (nSPS) is 16.4. The van der Waals surface area contributed by atoms with E-state index in [2.05, 4.69) is 4.98 Å². The van der Waals surface area contributed by atoms with Crippen molar-refractivity contribution in [2.45, 2.75) is 32.2 Å². The Balaban J connectivity index is 0.00000144. The van der Waals surface area contributed by atoms with E-state index in [9.17, 15) is 4.79 Å². The van der Waals surface area contributed by atoms with Gasteiger partial charge in [0.15, 0.2) is 0 Å². The molecule has 1 unspecified atom stereocenters. The first kappa shape index (κ1) is 20.5. The van der Waals surface area contributed by atoms with Crippen molar-refractivity contribution in [2.75, 3.05) is 13.1 Å². The van der Waals surface area contributed by atoms with E-state index in [1.165, 1.54) is 0 Å². The average Bonchev–Trinajstić information content (AvgIpc) is 3.15. The quantitative estimate of drug-likeness (QED) is 0.896. The van der Waals surface area contributed by atoms with Gasteiger partial charge in [-0.1, -0.05) is 18.2 Å². The zero-order valence-corrected chi connectivity index (χ0v) is 15.2. The number of benzene rings is 1. The highest BCUT2D eigenvalue weighted by atomic mass is 35.5. The van der Waals surface area contributed by atoms with Crippen LogP contribution in [0.4, 0.5) is 0 Å². The highest BCUT2D eigenvalue weighted by Crippen LogP contribution is 2.23. The zero-order valence-electron chi connectivity index (χ0n) is 13.6. The summed E-state index contributed by atoms with van der Waals surface area (Å²) >= 11 is 0. The van der Waals surface area contributed by atoms with Crippen LogP contribution in [0, 0.1) is 6.92 Å². The number of oxazole rings is 1. The second-order valence-corrected chi connectivity index (χ2v) is 5.68. The number of nitrogens with zero attached hydrogens (tertiary/aromatic N) is 2. The lowest BCUT2D eigenvalue weighted by Gasteiger charge is -2.23. The number of amides is 1. The number of hydrogen-bond donors (Lipinski definition) is 1. The lowest BCUT2D eigenvalue weighted by atomic mass is 10.2. The van der Waals surface area contributed by atoms with Gasteiger partial charge in [0.1, 0.15) is 5.76 Å². The van der Waals surface area contributed by atoms with E-state index in [-0.39, 0.29) is 43.2 Å². The van der Waals surface area contributed by atoms with Crippen molar-refractivity contribution in [3.63, 3.8) is 0 Å². The number of aryl methyl sites for hydroxylation is 1. The Morgan fingerprint density at radius 1 is 1.33 bits per heavy atom. The summed E-state index contributed by atoms with van der Waals surface area (Å²) in [7, 11) is 0. The number of aromatic nitrogens is 1. The van der Waals surface area contributed by atoms with Crippen molar-refractivity contribution in [2.24, 2.45) is 5.73 Å². The predicted molar refractivity (Wildman–Crippen MR) is 98.7 cm³/mol. The molecule has 24 heavy (non-hydrogen) atoms. The van der Waals surface area contributed by atoms with Crippen molar-refractivity contribution >= 4 is 30.7 Å². The molecule has 1 aliphatic rings. The fourth-order valence-electron chi connectivity index (χ4n) is 2.95. The highest BCUT2D eigenvalue weighted by molar-refractivity contribution is 5.85. The van der Waals surface area contributed by atoms with Gasteiger partial charge in [0.05, 0.1) is 12.1 Å². The summed E-state index contributed by atoms with van der Waals surface area (Å²) in [6, 6.07) is 9.90. The third kappa shape index (κ3) is 4.29. The minimum atomic E-state index is 0. The van der Waals surface area contributed by atoms with E-state index < -0.39 is 0 Å². The molecule has 0 spiro atoms. The van der Waals surface area contributed by atoms with E-state index in [4.69, 9.17) is 10.2 Å². The van der Waals surface area contributed by atoms with Gasteiger partial charge in [0.25, 0.3) is 0 Å². The topological polar surface area (TPSA) is 72.4 Å². The van der Waals surface area contributed by atoms with Gasteiger partial charge in [-0.3, -0.25) is 4.79 Å². The van der Waals surface area contributed by atoms with Gasteiger partial charge in [0, 0.05) is 24.7 Å². The predicted octanol–water partition coefficient (Wildman–Crippen LogP) is 2.99. The average molecular weight is 372 g/mol. The fourth-order valence-corrected chi connectivity index (χ4v) is 2.95. The molecule has 1 aromatic carbocycles. The molecular formula is C17H23Cl2N3O2. The lowest BCUT2D eigenvalue weighted by molar-refractivity contribution is -0.131. The van der Waals surface area contributed by atoms with Gasteiger partial charge in [0.2, 0.25) is 11.8 Å². The molecule has 1 fully saturated rings. The molecule has 0 bridgehead atoms. The van der Waals surface area contributed by atoms with Crippen LogP contribution >= 0.6 is 24.8 Å². The number of halogens is 2. The summed E-state index contributed by atoms with van der Waals surface area (Å²) in [5.41, 5.74) is 7.37. The Hall–Kier alpha value is -1.56.